The fourth-order valence-corrected chi connectivity index (χ4v) is 3.73. The summed E-state index contributed by atoms with van der Waals surface area (Å²) in [5.74, 6) is 1.37. The molecule has 2 heterocycles. The third kappa shape index (κ3) is 4.87. The molecule has 0 aliphatic carbocycles. The number of nitrogens with zero attached hydrogens (tertiary/aromatic N) is 4. The van der Waals surface area contributed by atoms with Crippen LogP contribution in [0.5, 0.6) is 5.75 Å². The second-order valence-electron chi connectivity index (χ2n) is 6.16. The standard InChI is InChI=1S/C22H19N5O2S/c1-28-10-11-29-17-4-2-16(3-5-17)20-18(12-23)21(25)27-22(19(20)13-24)30-14-15-6-8-26-9-7-15/h2-9H,10-11,14H2,1H3,(H2,25,27). The minimum atomic E-state index is 0.101. The number of nitriles is 2. The largest absolute Gasteiger partial charge is 0.491 e. The van der Waals surface area contributed by atoms with Crippen LogP contribution in [-0.2, 0) is 10.5 Å². The Hall–Kier alpha value is -3.59. The van der Waals surface area contributed by atoms with Crippen LogP contribution < -0.4 is 10.5 Å². The van der Waals surface area contributed by atoms with Gasteiger partial charge in [0.25, 0.3) is 0 Å². The van der Waals surface area contributed by atoms with E-state index in [0.29, 0.717) is 46.4 Å². The maximum atomic E-state index is 9.86. The quantitative estimate of drug-likeness (QED) is 0.434. The molecule has 8 heteroatoms. The Labute approximate surface area is 179 Å². The summed E-state index contributed by atoms with van der Waals surface area (Å²) in [6.45, 7) is 0.915. The molecule has 0 amide bonds. The van der Waals surface area contributed by atoms with E-state index in [1.807, 2.05) is 12.1 Å². The van der Waals surface area contributed by atoms with Crippen LogP contribution in [-0.4, -0.2) is 30.3 Å². The van der Waals surface area contributed by atoms with E-state index in [0.717, 1.165) is 5.56 Å². The summed E-state index contributed by atoms with van der Waals surface area (Å²) in [7, 11) is 1.61. The van der Waals surface area contributed by atoms with Gasteiger partial charge in [-0.1, -0.05) is 12.1 Å². The number of thioether (sulfide) groups is 1. The SMILES string of the molecule is COCCOc1ccc(-c2c(C#N)c(N)nc(SCc3ccncc3)c2C#N)cc1. The summed E-state index contributed by atoms with van der Waals surface area (Å²) in [5.41, 5.74) is 8.80. The third-order valence-corrected chi connectivity index (χ3v) is 5.29. The average molecular weight is 417 g/mol. The van der Waals surface area contributed by atoms with E-state index in [2.05, 4.69) is 22.1 Å². The van der Waals surface area contributed by atoms with Gasteiger partial charge in [0.1, 0.15) is 40.9 Å². The van der Waals surface area contributed by atoms with Gasteiger partial charge in [0.05, 0.1) is 12.2 Å². The molecule has 30 heavy (non-hydrogen) atoms. The number of methoxy groups -OCH3 is 1. The van der Waals surface area contributed by atoms with Crippen LogP contribution in [0.3, 0.4) is 0 Å². The van der Waals surface area contributed by atoms with Crippen LogP contribution in [0.4, 0.5) is 5.82 Å². The molecule has 0 aliphatic rings. The number of benzene rings is 1. The van der Waals surface area contributed by atoms with Gasteiger partial charge >= 0.3 is 0 Å². The lowest BCUT2D eigenvalue weighted by Crippen LogP contribution is -2.05. The highest BCUT2D eigenvalue weighted by Crippen LogP contribution is 2.37. The van der Waals surface area contributed by atoms with E-state index in [9.17, 15) is 10.5 Å². The molecule has 0 unspecified atom stereocenters. The summed E-state index contributed by atoms with van der Waals surface area (Å²) in [5, 5.41) is 20.0. The second-order valence-corrected chi connectivity index (χ2v) is 7.12. The topological polar surface area (TPSA) is 118 Å². The van der Waals surface area contributed by atoms with Gasteiger partial charge in [-0.2, -0.15) is 10.5 Å². The minimum Gasteiger partial charge on any atom is -0.491 e. The highest BCUT2D eigenvalue weighted by atomic mass is 32.2. The van der Waals surface area contributed by atoms with E-state index < -0.39 is 0 Å². The van der Waals surface area contributed by atoms with Crippen LogP contribution in [0.25, 0.3) is 11.1 Å². The van der Waals surface area contributed by atoms with Crippen molar-refractivity contribution in [2.45, 2.75) is 10.8 Å². The third-order valence-electron chi connectivity index (χ3n) is 4.24. The molecule has 2 N–H and O–H groups in total. The molecule has 0 fully saturated rings. The van der Waals surface area contributed by atoms with Gasteiger partial charge in [-0.05, 0) is 35.4 Å². The Kier molecular flexibility index (Phi) is 7.23. The summed E-state index contributed by atoms with van der Waals surface area (Å²) < 4.78 is 10.6. The summed E-state index contributed by atoms with van der Waals surface area (Å²) in [6, 6.07) is 15.3. The zero-order valence-corrected chi connectivity index (χ0v) is 17.1. The lowest BCUT2D eigenvalue weighted by Gasteiger charge is -2.13. The Morgan fingerprint density at radius 3 is 2.33 bits per heavy atom. The molecule has 3 rings (SSSR count). The molecule has 7 nitrogen and oxygen atoms in total. The molecular weight excluding hydrogens is 398 g/mol. The van der Waals surface area contributed by atoms with Gasteiger partial charge in [0.15, 0.2) is 0 Å². The van der Waals surface area contributed by atoms with E-state index >= 15 is 0 Å². The van der Waals surface area contributed by atoms with Crippen molar-refractivity contribution in [3.63, 3.8) is 0 Å². The maximum Gasteiger partial charge on any atom is 0.143 e. The smallest absolute Gasteiger partial charge is 0.143 e. The number of rotatable bonds is 8. The minimum absolute atomic E-state index is 0.101. The molecule has 1 aromatic carbocycles. The monoisotopic (exact) mass is 417 g/mol. The lowest BCUT2D eigenvalue weighted by molar-refractivity contribution is 0.146. The number of nitrogen functional groups attached to an aromatic ring is 1. The van der Waals surface area contributed by atoms with Crippen molar-refractivity contribution in [1.29, 1.82) is 10.5 Å². The summed E-state index contributed by atoms with van der Waals surface area (Å²) >= 11 is 1.39. The number of ether oxygens (including phenoxy) is 2. The van der Waals surface area contributed by atoms with Crippen LogP contribution >= 0.6 is 11.8 Å². The van der Waals surface area contributed by atoms with Gasteiger partial charge in [-0.25, -0.2) is 4.98 Å². The fraction of sp³-hybridized carbons (Fsp3) is 0.182. The summed E-state index contributed by atoms with van der Waals surface area (Å²) in [6.07, 6.45) is 3.42. The highest BCUT2D eigenvalue weighted by molar-refractivity contribution is 7.98. The van der Waals surface area contributed by atoms with E-state index in [-0.39, 0.29) is 11.4 Å². The fourth-order valence-electron chi connectivity index (χ4n) is 2.78. The Morgan fingerprint density at radius 1 is 1.00 bits per heavy atom. The number of anilines is 1. The maximum absolute atomic E-state index is 9.86. The van der Waals surface area contributed by atoms with Gasteiger partial charge in [0.2, 0.25) is 0 Å². The van der Waals surface area contributed by atoms with Crippen LogP contribution in [0.1, 0.15) is 16.7 Å². The second kappa shape index (κ2) is 10.3. The van der Waals surface area contributed by atoms with E-state index in [1.165, 1.54) is 11.8 Å². The van der Waals surface area contributed by atoms with E-state index in [1.54, 1.807) is 43.8 Å². The Bertz CT molecular complexity index is 1090. The van der Waals surface area contributed by atoms with Crippen molar-refractivity contribution in [3.8, 4) is 29.0 Å². The molecule has 150 valence electrons. The lowest BCUT2D eigenvalue weighted by atomic mass is 9.97. The molecule has 0 aliphatic heterocycles. The summed E-state index contributed by atoms with van der Waals surface area (Å²) in [4.78, 5) is 8.33. The first-order valence-electron chi connectivity index (χ1n) is 9.05. The predicted octanol–water partition coefficient (Wildman–Crippen LogP) is 3.79. The van der Waals surface area contributed by atoms with Crippen molar-refractivity contribution in [1.82, 2.24) is 9.97 Å². The number of nitrogens with two attached hydrogens (primary N) is 1. The molecule has 0 atom stereocenters. The first kappa shape index (κ1) is 21.1. The molecule has 0 spiro atoms. The van der Waals surface area contributed by atoms with Crippen molar-refractivity contribution in [2.24, 2.45) is 0 Å². The molecule has 3 aromatic rings. The molecule has 0 saturated heterocycles. The van der Waals surface area contributed by atoms with Crippen molar-refractivity contribution in [3.05, 3.63) is 65.5 Å². The number of pyridine rings is 2. The van der Waals surface area contributed by atoms with Crippen molar-refractivity contribution in [2.75, 3.05) is 26.1 Å². The van der Waals surface area contributed by atoms with Gasteiger partial charge in [-0.15, -0.1) is 11.8 Å². The molecule has 0 radical (unpaired) electrons. The molecule has 0 saturated carbocycles. The first-order chi connectivity index (χ1) is 14.7. The highest BCUT2D eigenvalue weighted by Gasteiger charge is 2.20. The van der Waals surface area contributed by atoms with Crippen LogP contribution in [0.2, 0.25) is 0 Å². The van der Waals surface area contributed by atoms with Gasteiger partial charge in [-0.3, -0.25) is 4.98 Å². The Balaban J connectivity index is 1.97. The number of aromatic nitrogens is 2. The Morgan fingerprint density at radius 2 is 1.70 bits per heavy atom. The van der Waals surface area contributed by atoms with Crippen LogP contribution in [0.15, 0.2) is 53.8 Å². The van der Waals surface area contributed by atoms with E-state index in [4.69, 9.17) is 15.2 Å². The molecule has 2 aromatic heterocycles. The van der Waals surface area contributed by atoms with Crippen LogP contribution in [0, 0.1) is 22.7 Å². The number of hydrogen-bond acceptors (Lipinski definition) is 8. The predicted molar refractivity (Wildman–Crippen MR) is 115 cm³/mol. The molecular formula is C22H19N5O2S. The van der Waals surface area contributed by atoms with Crippen molar-refractivity contribution < 1.29 is 9.47 Å². The average Bonchev–Trinajstić information content (AvgIpc) is 2.78. The van der Waals surface area contributed by atoms with Crippen molar-refractivity contribution >= 4 is 17.6 Å². The zero-order chi connectivity index (χ0) is 21.3. The zero-order valence-electron chi connectivity index (χ0n) is 16.3. The normalized spacial score (nSPS) is 10.2. The molecule has 0 bridgehead atoms. The van der Waals surface area contributed by atoms with Gasteiger partial charge in [0, 0.05) is 30.8 Å². The number of hydrogen-bond donors (Lipinski definition) is 1. The van der Waals surface area contributed by atoms with Gasteiger partial charge < -0.3 is 15.2 Å². The first-order valence-corrected chi connectivity index (χ1v) is 10.0.